The van der Waals surface area contributed by atoms with E-state index in [0.717, 1.165) is 41.4 Å². The molecule has 2 aromatic heterocycles. The molecule has 3 rings (SSSR count). The minimum absolute atomic E-state index is 0.232. The van der Waals surface area contributed by atoms with Gasteiger partial charge < -0.3 is 4.98 Å². The third-order valence-corrected chi connectivity index (χ3v) is 4.32. The van der Waals surface area contributed by atoms with Crippen LogP contribution in [0.2, 0.25) is 0 Å². The number of fused-ring (bicyclic) bond motifs is 1. The molecule has 1 aliphatic carbocycles. The molecule has 0 bridgehead atoms. The second-order valence-electron chi connectivity index (χ2n) is 4.62. The first-order valence-corrected chi connectivity index (χ1v) is 7.46. The molecule has 19 heavy (non-hydrogen) atoms. The summed E-state index contributed by atoms with van der Waals surface area (Å²) in [5.74, 6) is 0.754. The zero-order chi connectivity index (χ0) is 13.1. The molecule has 4 nitrogen and oxygen atoms in total. The molecule has 0 aliphatic heterocycles. The van der Waals surface area contributed by atoms with Gasteiger partial charge in [0, 0.05) is 23.2 Å². The summed E-state index contributed by atoms with van der Waals surface area (Å²) in [5, 5.41) is 0.879. The summed E-state index contributed by atoms with van der Waals surface area (Å²) in [7, 11) is 0. The molecule has 0 fully saturated rings. The molecule has 1 aliphatic rings. The molecule has 0 unspecified atom stereocenters. The highest BCUT2D eigenvalue weighted by molar-refractivity contribution is 7.98. The van der Waals surface area contributed by atoms with Crippen molar-refractivity contribution in [3.8, 4) is 0 Å². The maximum absolute atomic E-state index is 11.6. The van der Waals surface area contributed by atoms with Crippen LogP contribution in [0.3, 0.4) is 0 Å². The van der Waals surface area contributed by atoms with Crippen molar-refractivity contribution in [2.75, 3.05) is 0 Å². The molecule has 1 N–H and O–H groups in total. The molecule has 2 heterocycles. The number of H-pyrrole nitrogens is 1. The summed E-state index contributed by atoms with van der Waals surface area (Å²) in [6.07, 6.45) is 6.10. The molecule has 0 radical (unpaired) electrons. The average molecular weight is 273 g/mol. The molecular formula is C14H15N3OS. The Kier molecular flexibility index (Phi) is 3.64. The Bertz CT molecular complexity index is 624. The third kappa shape index (κ3) is 2.87. The number of nitrogens with zero attached hydrogens (tertiary/aromatic N) is 2. The number of thioether (sulfide) groups is 1. The second-order valence-corrected chi connectivity index (χ2v) is 5.59. The largest absolute Gasteiger partial charge is 0.346 e. The van der Waals surface area contributed by atoms with Crippen LogP contribution in [0, 0.1) is 0 Å². The average Bonchev–Trinajstić information content (AvgIpc) is 2.45. The minimum Gasteiger partial charge on any atom is -0.309 e. The van der Waals surface area contributed by atoms with E-state index in [4.69, 9.17) is 0 Å². The van der Waals surface area contributed by atoms with Crippen molar-refractivity contribution in [2.24, 2.45) is 0 Å². The second kappa shape index (κ2) is 5.57. The van der Waals surface area contributed by atoms with Crippen LogP contribution in [0.5, 0.6) is 0 Å². The fourth-order valence-corrected chi connectivity index (χ4v) is 3.34. The lowest BCUT2D eigenvalue weighted by Gasteiger charge is -2.17. The zero-order valence-corrected chi connectivity index (χ0v) is 11.4. The van der Waals surface area contributed by atoms with Crippen LogP contribution < -0.4 is 5.69 Å². The number of aromatic nitrogens is 3. The van der Waals surface area contributed by atoms with Crippen LogP contribution in [-0.2, 0) is 18.6 Å². The van der Waals surface area contributed by atoms with E-state index in [0.29, 0.717) is 0 Å². The van der Waals surface area contributed by atoms with Gasteiger partial charge in [-0.15, -0.1) is 0 Å². The number of hydrogen-bond donors (Lipinski definition) is 1. The SMILES string of the molecule is O=c1nc(SCc2ccccn2)c2c([nH]1)CCCC2. The Labute approximate surface area is 115 Å². The lowest BCUT2D eigenvalue weighted by molar-refractivity contribution is 0.639. The molecule has 0 saturated heterocycles. The number of rotatable bonds is 3. The van der Waals surface area contributed by atoms with E-state index in [2.05, 4.69) is 15.0 Å². The van der Waals surface area contributed by atoms with E-state index in [1.54, 1.807) is 18.0 Å². The van der Waals surface area contributed by atoms with Crippen LogP contribution in [-0.4, -0.2) is 15.0 Å². The van der Waals surface area contributed by atoms with Crippen molar-refractivity contribution in [1.82, 2.24) is 15.0 Å². The van der Waals surface area contributed by atoms with E-state index in [-0.39, 0.29) is 5.69 Å². The smallest absolute Gasteiger partial charge is 0.309 e. The third-order valence-electron chi connectivity index (χ3n) is 3.27. The standard InChI is InChI=1S/C14H15N3OS/c18-14-16-12-7-2-1-6-11(12)13(17-14)19-9-10-5-3-4-8-15-10/h3-5,8H,1-2,6-7,9H2,(H,16,17,18). The van der Waals surface area contributed by atoms with E-state index in [1.807, 2.05) is 18.2 Å². The molecule has 0 aromatic carbocycles. The first-order valence-electron chi connectivity index (χ1n) is 6.48. The number of hydrogen-bond acceptors (Lipinski definition) is 4. The number of pyridine rings is 1. The molecule has 2 aromatic rings. The zero-order valence-electron chi connectivity index (χ0n) is 10.6. The maximum Gasteiger partial charge on any atom is 0.346 e. The quantitative estimate of drug-likeness (QED) is 0.689. The van der Waals surface area contributed by atoms with Gasteiger partial charge in [0.15, 0.2) is 0 Å². The maximum atomic E-state index is 11.6. The van der Waals surface area contributed by atoms with Gasteiger partial charge in [0.1, 0.15) is 5.03 Å². The van der Waals surface area contributed by atoms with Crippen molar-refractivity contribution < 1.29 is 0 Å². The van der Waals surface area contributed by atoms with Crippen molar-refractivity contribution >= 4 is 11.8 Å². The van der Waals surface area contributed by atoms with Gasteiger partial charge in [-0.25, -0.2) is 4.79 Å². The predicted octanol–water partition coefficient (Wildman–Crippen LogP) is 2.34. The number of aromatic amines is 1. The molecule has 5 heteroatoms. The van der Waals surface area contributed by atoms with Crippen LogP contribution >= 0.6 is 11.8 Å². The summed E-state index contributed by atoms with van der Waals surface area (Å²) in [4.78, 5) is 22.9. The molecular weight excluding hydrogens is 258 g/mol. The monoisotopic (exact) mass is 273 g/mol. The van der Waals surface area contributed by atoms with Gasteiger partial charge in [0.05, 0.1) is 5.69 Å². The van der Waals surface area contributed by atoms with Gasteiger partial charge in [-0.1, -0.05) is 17.8 Å². The lowest BCUT2D eigenvalue weighted by atomic mass is 9.98. The van der Waals surface area contributed by atoms with Crippen LogP contribution in [0.15, 0.2) is 34.2 Å². The van der Waals surface area contributed by atoms with Gasteiger partial charge in [-0.05, 0) is 37.8 Å². The first-order chi connectivity index (χ1) is 9.33. The van der Waals surface area contributed by atoms with Crippen LogP contribution in [0.25, 0.3) is 0 Å². The summed E-state index contributed by atoms with van der Waals surface area (Å²) < 4.78 is 0. The van der Waals surface area contributed by atoms with Gasteiger partial charge in [-0.2, -0.15) is 4.98 Å². The Morgan fingerprint density at radius 1 is 1.26 bits per heavy atom. The normalized spacial score (nSPS) is 14.1. The molecule has 98 valence electrons. The van der Waals surface area contributed by atoms with Crippen LogP contribution in [0.4, 0.5) is 0 Å². The molecule has 0 spiro atoms. The highest BCUT2D eigenvalue weighted by Gasteiger charge is 2.16. The van der Waals surface area contributed by atoms with Gasteiger partial charge in [-0.3, -0.25) is 4.98 Å². The van der Waals surface area contributed by atoms with Crippen molar-refractivity contribution in [3.63, 3.8) is 0 Å². The summed E-state index contributed by atoms with van der Waals surface area (Å²) >= 11 is 1.61. The first kappa shape index (κ1) is 12.4. The lowest BCUT2D eigenvalue weighted by Crippen LogP contribution is -2.19. The summed E-state index contributed by atoms with van der Waals surface area (Å²) in [6.45, 7) is 0. The fraction of sp³-hybridized carbons (Fsp3) is 0.357. The Balaban J connectivity index is 1.84. The Morgan fingerprint density at radius 3 is 3.00 bits per heavy atom. The van der Waals surface area contributed by atoms with E-state index >= 15 is 0 Å². The van der Waals surface area contributed by atoms with Crippen molar-refractivity contribution in [1.29, 1.82) is 0 Å². The highest BCUT2D eigenvalue weighted by Crippen LogP contribution is 2.28. The fourth-order valence-electron chi connectivity index (χ4n) is 2.34. The molecule has 0 saturated carbocycles. The Morgan fingerprint density at radius 2 is 2.16 bits per heavy atom. The van der Waals surface area contributed by atoms with Gasteiger partial charge in [0.2, 0.25) is 0 Å². The molecule has 0 atom stereocenters. The predicted molar refractivity (Wildman–Crippen MR) is 75.3 cm³/mol. The topological polar surface area (TPSA) is 58.6 Å². The van der Waals surface area contributed by atoms with Crippen molar-refractivity contribution in [2.45, 2.75) is 36.5 Å². The van der Waals surface area contributed by atoms with E-state index in [9.17, 15) is 4.79 Å². The van der Waals surface area contributed by atoms with Crippen LogP contribution in [0.1, 0.15) is 29.8 Å². The van der Waals surface area contributed by atoms with E-state index < -0.39 is 0 Å². The van der Waals surface area contributed by atoms with Crippen molar-refractivity contribution in [3.05, 3.63) is 51.8 Å². The molecule has 0 amide bonds. The number of aryl methyl sites for hydroxylation is 1. The highest BCUT2D eigenvalue weighted by atomic mass is 32.2. The van der Waals surface area contributed by atoms with Gasteiger partial charge in [0.25, 0.3) is 0 Å². The summed E-state index contributed by atoms with van der Waals surface area (Å²) in [6, 6.07) is 5.87. The van der Waals surface area contributed by atoms with E-state index in [1.165, 1.54) is 12.0 Å². The summed E-state index contributed by atoms with van der Waals surface area (Å²) in [5.41, 5.74) is 3.09. The minimum atomic E-state index is -0.232. The Hall–Kier alpha value is -1.62. The van der Waals surface area contributed by atoms with Gasteiger partial charge >= 0.3 is 5.69 Å². The number of nitrogens with one attached hydrogen (secondary N) is 1.